The quantitative estimate of drug-likeness (QED) is 0.130. The van der Waals surface area contributed by atoms with E-state index in [1.807, 2.05) is 11.3 Å². The SMILES string of the molecule is c1ccc(-n2c3ccc(-c4cc5c6ccccc6c6cccc7c8ccccc8c(c4)c5c67)cc3c3c4sc5ccccc5c4ccc32)cc1. The van der Waals surface area contributed by atoms with Gasteiger partial charge < -0.3 is 4.57 Å². The van der Waals surface area contributed by atoms with Crippen molar-refractivity contribution in [3.8, 4) is 16.8 Å². The zero-order chi connectivity index (χ0) is 32.5. The van der Waals surface area contributed by atoms with Gasteiger partial charge in [-0.1, -0.05) is 115 Å². The molecule has 12 rings (SSSR count). The topological polar surface area (TPSA) is 4.93 Å². The third-order valence-corrected chi connectivity index (χ3v) is 12.3. The molecule has 1 nitrogen and oxygen atoms in total. The maximum Gasteiger partial charge on any atom is 0.0555 e. The molecule has 0 spiro atoms. The number of fused-ring (bicyclic) bond motifs is 13. The average molecular weight is 650 g/mol. The van der Waals surface area contributed by atoms with Gasteiger partial charge in [-0.05, 0) is 114 Å². The van der Waals surface area contributed by atoms with Crippen molar-refractivity contribution >= 4 is 107 Å². The molecular weight excluding hydrogens is 623 g/mol. The van der Waals surface area contributed by atoms with Crippen molar-refractivity contribution in [2.75, 3.05) is 0 Å². The van der Waals surface area contributed by atoms with E-state index in [2.05, 4.69) is 168 Å². The first-order valence-electron chi connectivity index (χ1n) is 17.3. The molecule has 2 heteroatoms. The number of hydrogen-bond acceptors (Lipinski definition) is 1. The van der Waals surface area contributed by atoms with E-state index >= 15 is 0 Å². The Kier molecular flexibility index (Phi) is 5.18. The molecule has 2 aromatic heterocycles. The average Bonchev–Trinajstić information content (AvgIpc) is 3.73. The Morgan fingerprint density at radius 3 is 1.56 bits per heavy atom. The summed E-state index contributed by atoms with van der Waals surface area (Å²) in [5.41, 5.74) is 6.14. The Morgan fingerprint density at radius 2 is 0.860 bits per heavy atom. The van der Waals surface area contributed by atoms with Crippen molar-refractivity contribution in [2.24, 2.45) is 0 Å². The van der Waals surface area contributed by atoms with E-state index in [0.29, 0.717) is 0 Å². The largest absolute Gasteiger partial charge is 0.309 e. The van der Waals surface area contributed by atoms with Crippen molar-refractivity contribution < 1.29 is 0 Å². The van der Waals surface area contributed by atoms with Gasteiger partial charge in [0, 0.05) is 36.6 Å². The van der Waals surface area contributed by atoms with E-state index in [0.717, 1.165) is 0 Å². The van der Waals surface area contributed by atoms with E-state index in [1.165, 1.54) is 113 Å². The molecule has 0 amide bonds. The number of benzene rings is 10. The molecule has 10 aromatic carbocycles. The molecule has 0 unspecified atom stereocenters. The van der Waals surface area contributed by atoms with Crippen LogP contribution in [0.2, 0.25) is 0 Å². The summed E-state index contributed by atoms with van der Waals surface area (Å²) in [6.07, 6.45) is 0. The van der Waals surface area contributed by atoms with Gasteiger partial charge in [-0.3, -0.25) is 0 Å². The second-order valence-corrected chi connectivity index (χ2v) is 14.7. The van der Waals surface area contributed by atoms with E-state index in [-0.39, 0.29) is 0 Å². The van der Waals surface area contributed by atoms with E-state index in [1.54, 1.807) is 0 Å². The van der Waals surface area contributed by atoms with Crippen LogP contribution in [0.25, 0.3) is 113 Å². The Morgan fingerprint density at radius 1 is 0.320 bits per heavy atom. The molecule has 12 aromatic rings. The molecule has 0 bridgehead atoms. The first-order chi connectivity index (χ1) is 24.8. The number of thiophene rings is 1. The number of para-hydroxylation sites is 1. The highest BCUT2D eigenvalue weighted by Crippen LogP contribution is 2.48. The fourth-order valence-electron chi connectivity index (χ4n) is 9.00. The van der Waals surface area contributed by atoms with Crippen LogP contribution < -0.4 is 0 Å². The fraction of sp³-hybridized carbons (Fsp3) is 0. The van der Waals surface area contributed by atoms with E-state index < -0.39 is 0 Å². The van der Waals surface area contributed by atoms with Crippen LogP contribution in [0, 0.1) is 0 Å². The van der Waals surface area contributed by atoms with Gasteiger partial charge in [-0.15, -0.1) is 11.3 Å². The predicted octanol–water partition coefficient (Wildman–Crippen LogP) is 14.0. The minimum Gasteiger partial charge on any atom is -0.309 e. The summed E-state index contributed by atoms with van der Waals surface area (Å²) >= 11 is 1.91. The highest BCUT2D eigenvalue weighted by atomic mass is 32.1. The Bertz CT molecular complexity index is 3260. The maximum absolute atomic E-state index is 2.46. The lowest BCUT2D eigenvalue weighted by Gasteiger charge is -2.19. The number of aromatic nitrogens is 1. The molecule has 2 heterocycles. The summed E-state index contributed by atoms with van der Waals surface area (Å²) in [6.45, 7) is 0. The van der Waals surface area contributed by atoms with Crippen LogP contribution in [0.4, 0.5) is 0 Å². The molecule has 50 heavy (non-hydrogen) atoms. The molecule has 230 valence electrons. The summed E-state index contributed by atoms with van der Waals surface area (Å²) in [5, 5.41) is 18.6. The zero-order valence-electron chi connectivity index (χ0n) is 26.9. The molecule has 0 aliphatic carbocycles. The van der Waals surface area contributed by atoms with Gasteiger partial charge in [-0.2, -0.15) is 0 Å². The lowest BCUT2D eigenvalue weighted by molar-refractivity contribution is 1.18. The maximum atomic E-state index is 2.46. The molecule has 0 fully saturated rings. The smallest absolute Gasteiger partial charge is 0.0555 e. The number of rotatable bonds is 2. The zero-order valence-corrected chi connectivity index (χ0v) is 27.8. The molecule has 0 aliphatic heterocycles. The van der Waals surface area contributed by atoms with Crippen molar-refractivity contribution in [2.45, 2.75) is 0 Å². The minimum atomic E-state index is 1.18. The second-order valence-electron chi connectivity index (χ2n) is 13.6. The third kappa shape index (κ3) is 3.41. The molecule has 0 atom stereocenters. The van der Waals surface area contributed by atoms with Crippen LogP contribution in [0.1, 0.15) is 0 Å². The fourth-order valence-corrected chi connectivity index (χ4v) is 10.3. The third-order valence-electron chi connectivity index (χ3n) is 11.1. The van der Waals surface area contributed by atoms with Crippen LogP contribution in [0.5, 0.6) is 0 Å². The van der Waals surface area contributed by atoms with Crippen LogP contribution in [0.15, 0.2) is 164 Å². The van der Waals surface area contributed by atoms with Gasteiger partial charge in [0.15, 0.2) is 0 Å². The van der Waals surface area contributed by atoms with Crippen molar-refractivity contribution in [3.05, 3.63) is 164 Å². The second kappa shape index (κ2) is 9.69. The lowest BCUT2D eigenvalue weighted by atomic mass is 9.84. The van der Waals surface area contributed by atoms with Crippen molar-refractivity contribution in [1.29, 1.82) is 0 Å². The van der Waals surface area contributed by atoms with Crippen molar-refractivity contribution in [3.63, 3.8) is 0 Å². The lowest BCUT2D eigenvalue weighted by Crippen LogP contribution is -1.93. The highest BCUT2D eigenvalue weighted by molar-refractivity contribution is 7.26. The number of nitrogens with zero attached hydrogens (tertiary/aromatic N) is 1. The molecule has 0 saturated carbocycles. The molecular formula is C48H27NS. The predicted molar refractivity (Wildman–Crippen MR) is 218 cm³/mol. The standard InChI is InChI=1S/C48H27NS/c1-2-11-30(12-3-1)49-42-23-21-28(25-41(42)47-43(49)24-22-38-35-17-8-9-20-44(35)50-48(38)47)29-26-39-33-15-6-4-13-31(33)36-18-10-19-37-32-14-5-7-16-34(32)40(27-29)46(39)45(36)37/h1-27H. The Hall–Kier alpha value is -6.22. The summed E-state index contributed by atoms with van der Waals surface area (Å²) in [6, 6.07) is 61.1. The summed E-state index contributed by atoms with van der Waals surface area (Å²) in [5.74, 6) is 0. The van der Waals surface area contributed by atoms with E-state index in [4.69, 9.17) is 0 Å². The van der Waals surface area contributed by atoms with Crippen LogP contribution >= 0.6 is 11.3 Å². The highest BCUT2D eigenvalue weighted by Gasteiger charge is 2.21. The van der Waals surface area contributed by atoms with Gasteiger partial charge in [0.2, 0.25) is 0 Å². The first-order valence-corrected chi connectivity index (χ1v) is 18.1. The first kappa shape index (κ1) is 26.7. The molecule has 0 aliphatic rings. The monoisotopic (exact) mass is 649 g/mol. The molecule has 0 radical (unpaired) electrons. The Labute approximate surface area is 291 Å². The van der Waals surface area contributed by atoms with Crippen LogP contribution in [-0.4, -0.2) is 4.57 Å². The molecule has 0 saturated heterocycles. The summed E-state index contributed by atoms with van der Waals surface area (Å²) in [7, 11) is 0. The van der Waals surface area contributed by atoms with Gasteiger partial charge in [0.05, 0.1) is 11.0 Å². The summed E-state index contributed by atoms with van der Waals surface area (Å²) < 4.78 is 5.13. The number of hydrogen-bond donors (Lipinski definition) is 0. The van der Waals surface area contributed by atoms with Gasteiger partial charge in [0.25, 0.3) is 0 Å². The van der Waals surface area contributed by atoms with Gasteiger partial charge >= 0.3 is 0 Å². The van der Waals surface area contributed by atoms with Crippen LogP contribution in [-0.2, 0) is 0 Å². The normalized spacial score (nSPS) is 12.4. The summed E-state index contributed by atoms with van der Waals surface area (Å²) in [4.78, 5) is 0. The van der Waals surface area contributed by atoms with Crippen molar-refractivity contribution in [1.82, 2.24) is 4.57 Å². The van der Waals surface area contributed by atoms with Gasteiger partial charge in [-0.25, -0.2) is 0 Å². The Balaban J connectivity index is 1.24. The van der Waals surface area contributed by atoms with Crippen LogP contribution in [0.3, 0.4) is 0 Å². The van der Waals surface area contributed by atoms with E-state index in [9.17, 15) is 0 Å². The minimum absolute atomic E-state index is 1.18. The molecule has 0 N–H and O–H groups in total. The van der Waals surface area contributed by atoms with Gasteiger partial charge in [0.1, 0.15) is 0 Å².